The summed E-state index contributed by atoms with van der Waals surface area (Å²) < 4.78 is 5.82. The maximum atomic E-state index is 13.0. The zero-order valence-electron chi connectivity index (χ0n) is 17.2. The lowest BCUT2D eigenvalue weighted by molar-refractivity contribution is -0.146. The summed E-state index contributed by atoms with van der Waals surface area (Å²) in [6, 6.07) is 7.21. The van der Waals surface area contributed by atoms with Crippen LogP contribution in [-0.2, 0) is 9.53 Å². The Hall–Kier alpha value is -2.50. The van der Waals surface area contributed by atoms with E-state index in [1.807, 2.05) is 24.3 Å². The molecule has 2 N–H and O–H groups in total. The monoisotopic (exact) mass is 385 g/mol. The van der Waals surface area contributed by atoms with Gasteiger partial charge in [-0.1, -0.05) is 19.1 Å². The molecule has 1 heterocycles. The van der Waals surface area contributed by atoms with Crippen LogP contribution in [-0.4, -0.2) is 31.2 Å². The first-order chi connectivity index (χ1) is 13.4. The van der Waals surface area contributed by atoms with Crippen LogP contribution in [0.3, 0.4) is 0 Å². The lowest BCUT2D eigenvalue weighted by atomic mass is 9.95. The molecule has 1 aromatic carbocycles. The van der Waals surface area contributed by atoms with E-state index in [4.69, 9.17) is 4.74 Å². The fourth-order valence-electron chi connectivity index (χ4n) is 4.17. The minimum atomic E-state index is -0.510. The number of anilines is 1. The molecule has 2 aliphatic rings. The van der Waals surface area contributed by atoms with Gasteiger partial charge in [-0.25, -0.2) is 9.59 Å². The van der Waals surface area contributed by atoms with Gasteiger partial charge in [0.1, 0.15) is 6.10 Å². The number of amides is 2. The van der Waals surface area contributed by atoms with Gasteiger partial charge in [0.15, 0.2) is 0 Å². The standard InChI is InChI=1S/C22H31N3O3/c1-5-25(6-2)17-12-10-16(11-13-17)20-19(15(4)23-22(27)24-20)21(26)28-18-9-7-8-14(18)3/h10-14,18,20H,5-9H2,1-4H3,(H2,23,24,27)/t14-,18+,20-/m0/s1. The number of esters is 1. The summed E-state index contributed by atoms with van der Waals surface area (Å²) in [6.07, 6.45) is 3.03. The van der Waals surface area contributed by atoms with E-state index in [0.717, 1.165) is 43.6 Å². The SMILES string of the molecule is CCN(CC)c1ccc([C@@H]2NC(=O)NC(C)=C2C(=O)O[C@@H]2CCC[C@@H]2C)cc1. The van der Waals surface area contributed by atoms with Gasteiger partial charge in [0.25, 0.3) is 0 Å². The second-order valence-electron chi connectivity index (χ2n) is 7.69. The fourth-order valence-corrected chi connectivity index (χ4v) is 4.17. The Morgan fingerprint density at radius 3 is 2.43 bits per heavy atom. The highest BCUT2D eigenvalue weighted by Gasteiger charge is 2.35. The van der Waals surface area contributed by atoms with Crippen LogP contribution in [0.4, 0.5) is 10.5 Å². The van der Waals surface area contributed by atoms with E-state index in [1.54, 1.807) is 6.92 Å². The molecule has 0 bridgehead atoms. The van der Waals surface area contributed by atoms with Gasteiger partial charge in [-0.3, -0.25) is 0 Å². The van der Waals surface area contributed by atoms with E-state index >= 15 is 0 Å². The number of urea groups is 1. The highest BCUT2D eigenvalue weighted by molar-refractivity contribution is 5.95. The third-order valence-electron chi connectivity index (χ3n) is 5.89. The first-order valence-corrected chi connectivity index (χ1v) is 10.3. The van der Waals surface area contributed by atoms with Crippen molar-refractivity contribution >= 4 is 17.7 Å². The Labute approximate surface area is 167 Å². The van der Waals surface area contributed by atoms with Crippen molar-refractivity contribution in [2.75, 3.05) is 18.0 Å². The molecule has 6 nitrogen and oxygen atoms in total. The van der Waals surface area contributed by atoms with Crippen LogP contribution in [0.25, 0.3) is 0 Å². The smallest absolute Gasteiger partial charge is 0.338 e. The number of hydrogen-bond donors (Lipinski definition) is 2. The summed E-state index contributed by atoms with van der Waals surface area (Å²) in [5.41, 5.74) is 3.03. The van der Waals surface area contributed by atoms with Gasteiger partial charge >= 0.3 is 12.0 Å². The van der Waals surface area contributed by atoms with E-state index in [0.29, 0.717) is 17.2 Å². The summed E-state index contributed by atoms with van der Waals surface area (Å²) in [4.78, 5) is 27.3. The first-order valence-electron chi connectivity index (χ1n) is 10.3. The molecule has 0 radical (unpaired) electrons. The predicted octanol–water partition coefficient (Wildman–Crippen LogP) is 3.89. The Morgan fingerprint density at radius 2 is 1.86 bits per heavy atom. The molecule has 3 rings (SSSR count). The summed E-state index contributed by atoms with van der Waals surface area (Å²) in [6.45, 7) is 9.97. The molecule has 3 atom stereocenters. The van der Waals surface area contributed by atoms with Crippen LogP contribution in [0, 0.1) is 5.92 Å². The zero-order chi connectivity index (χ0) is 20.3. The Bertz CT molecular complexity index is 753. The molecule has 1 aliphatic heterocycles. The van der Waals surface area contributed by atoms with Gasteiger partial charge in [-0.05, 0) is 63.6 Å². The molecule has 0 saturated heterocycles. The van der Waals surface area contributed by atoms with E-state index < -0.39 is 6.04 Å². The van der Waals surface area contributed by atoms with Gasteiger partial charge in [0.05, 0.1) is 11.6 Å². The molecule has 0 unspecified atom stereocenters. The molecule has 1 saturated carbocycles. The van der Waals surface area contributed by atoms with E-state index in [2.05, 4.69) is 36.3 Å². The molecule has 0 spiro atoms. The molecule has 0 aromatic heterocycles. The number of nitrogens with one attached hydrogen (secondary N) is 2. The highest BCUT2D eigenvalue weighted by Crippen LogP contribution is 2.32. The first kappa shape index (κ1) is 20.2. The number of hydrogen-bond acceptors (Lipinski definition) is 4. The second kappa shape index (κ2) is 8.67. The third kappa shape index (κ3) is 4.16. The second-order valence-corrected chi connectivity index (χ2v) is 7.69. The Balaban J connectivity index is 1.85. The van der Waals surface area contributed by atoms with Crippen LogP contribution < -0.4 is 15.5 Å². The average molecular weight is 386 g/mol. The fraction of sp³-hybridized carbons (Fsp3) is 0.545. The van der Waals surface area contributed by atoms with Crippen molar-refractivity contribution in [1.29, 1.82) is 0 Å². The molecular formula is C22H31N3O3. The number of rotatable bonds is 6. The van der Waals surface area contributed by atoms with Gasteiger partial charge in [0.2, 0.25) is 0 Å². The predicted molar refractivity (Wildman–Crippen MR) is 110 cm³/mol. The van der Waals surface area contributed by atoms with Crippen LogP contribution in [0.1, 0.15) is 58.6 Å². The summed E-state index contributed by atoms with van der Waals surface area (Å²) in [5.74, 6) is 0.0318. The molecule has 1 aromatic rings. The summed E-state index contributed by atoms with van der Waals surface area (Å²) in [7, 11) is 0. The van der Waals surface area contributed by atoms with Gasteiger partial charge in [0, 0.05) is 24.5 Å². The molecule has 1 fully saturated rings. The molecule has 6 heteroatoms. The van der Waals surface area contributed by atoms with E-state index in [-0.39, 0.29) is 18.1 Å². The molecule has 152 valence electrons. The van der Waals surface area contributed by atoms with Crippen molar-refractivity contribution in [3.8, 4) is 0 Å². The number of benzene rings is 1. The van der Waals surface area contributed by atoms with Gasteiger partial charge in [-0.15, -0.1) is 0 Å². The lowest BCUT2D eigenvalue weighted by Crippen LogP contribution is -2.45. The number of carbonyl (C=O) groups excluding carboxylic acids is 2. The minimum Gasteiger partial charge on any atom is -0.459 e. The van der Waals surface area contributed by atoms with Gasteiger partial charge in [-0.2, -0.15) is 0 Å². The van der Waals surface area contributed by atoms with Crippen molar-refractivity contribution in [3.63, 3.8) is 0 Å². The maximum absolute atomic E-state index is 13.0. The van der Waals surface area contributed by atoms with Crippen molar-refractivity contribution in [3.05, 3.63) is 41.1 Å². The van der Waals surface area contributed by atoms with E-state index in [9.17, 15) is 9.59 Å². The minimum absolute atomic E-state index is 0.0453. The Kier molecular flexibility index (Phi) is 6.27. The van der Waals surface area contributed by atoms with Crippen LogP contribution in [0.5, 0.6) is 0 Å². The third-order valence-corrected chi connectivity index (χ3v) is 5.89. The largest absolute Gasteiger partial charge is 0.459 e. The molecule has 2 amide bonds. The molecule has 1 aliphatic carbocycles. The van der Waals surface area contributed by atoms with Crippen molar-refractivity contribution < 1.29 is 14.3 Å². The maximum Gasteiger partial charge on any atom is 0.338 e. The lowest BCUT2D eigenvalue weighted by Gasteiger charge is -2.30. The van der Waals surface area contributed by atoms with E-state index in [1.165, 1.54) is 0 Å². The van der Waals surface area contributed by atoms with Crippen molar-refractivity contribution in [2.24, 2.45) is 5.92 Å². The van der Waals surface area contributed by atoms with Crippen molar-refractivity contribution in [2.45, 2.75) is 59.1 Å². The molecular weight excluding hydrogens is 354 g/mol. The number of carbonyl (C=O) groups is 2. The van der Waals surface area contributed by atoms with Crippen molar-refractivity contribution in [1.82, 2.24) is 10.6 Å². The highest BCUT2D eigenvalue weighted by atomic mass is 16.5. The number of allylic oxidation sites excluding steroid dienone is 1. The van der Waals surface area contributed by atoms with Crippen LogP contribution in [0.15, 0.2) is 35.5 Å². The summed E-state index contributed by atoms with van der Waals surface area (Å²) in [5, 5.41) is 5.60. The zero-order valence-corrected chi connectivity index (χ0v) is 17.2. The van der Waals surface area contributed by atoms with Crippen LogP contribution >= 0.6 is 0 Å². The number of nitrogens with zero attached hydrogens (tertiary/aromatic N) is 1. The number of ether oxygens (including phenoxy) is 1. The Morgan fingerprint density at radius 1 is 1.18 bits per heavy atom. The quantitative estimate of drug-likeness (QED) is 0.729. The van der Waals surface area contributed by atoms with Crippen LogP contribution in [0.2, 0.25) is 0 Å². The molecule has 28 heavy (non-hydrogen) atoms. The summed E-state index contributed by atoms with van der Waals surface area (Å²) >= 11 is 0. The normalized spacial score (nSPS) is 24.6. The topological polar surface area (TPSA) is 70.7 Å². The van der Waals surface area contributed by atoms with Gasteiger partial charge < -0.3 is 20.3 Å². The average Bonchev–Trinajstić information content (AvgIpc) is 3.07.